The minimum absolute atomic E-state index is 0.256. The first kappa shape index (κ1) is 12.6. The van der Waals surface area contributed by atoms with Gasteiger partial charge in [0.1, 0.15) is 5.75 Å². The standard InChI is InChI=1S/C12H13ClO3/c1-16-10-5-6-11(12(14)15)9(8-10)4-2-3-7-13/h2,4-6,8H,3,7H2,1H3,(H,14,15). The number of halogens is 1. The number of aromatic carboxylic acids is 1. The van der Waals surface area contributed by atoms with Crippen molar-refractivity contribution in [3.63, 3.8) is 0 Å². The molecule has 1 rings (SSSR count). The van der Waals surface area contributed by atoms with Crippen LogP contribution >= 0.6 is 11.6 Å². The molecule has 4 heteroatoms. The minimum Gasteiger partial charge on any atom is -0.497 e. The van der Waals surface area contributed by atoms with Crippen molar-refractivity contribution in [3.8, 4) is 5.75 Å². The van der Waals surface area contributed by atoms with Crippen molar-refractivity contribution < 1.29 is 14.6 Å². The van der Waals surface area contributed by atoms with Crippen LogP contribution in [0.25, 0.3) is 6.08 Å². The SMILES string of the molecule is COc1ccc(C(=O)O)c(C=CCCCl)c1. The third-order valence-electron chi connectivity index (χ3n) is 2.06. The molecule has 0 aliphatic carbocycles. The van der Waals surface area contributed by atoms with Crippen LogP contribution < -0.4 is 4.74 Å². The van der Waals surface area contributed by atoms with Crippen LogP contribution in [0.3, 0.4) is 0 Å². The van der Waals surface area contributed by atoms with Gasteiger partial charge in [0, 0.05) is 5.88 Å². The maximum absolute atomic E-state index is 11.0. The van der Waals surface area contributed by atoms with E-state index in [1.54, 1.807) is 25.3 Å². The molecule has 1 N–H and O–H groups in total. The molecule has 86 valence electrons. The average Bonchev–Trinajstić information content (AvgIpc) is 2.29. The lowest BCUT2D eigenvalue weighted by atomic mass is 10.1. The zero-order chi connectivity index (χ0) is 12.0. The Balaban J connectivity index is 3.05. The number of carboxylic acid groups (broad SMARTS) is 1. The Labute approximate surface area is 99.3 Å². The molecule has 0 unspecified atom stereocenters. The van der Waals surface area contributed by atoms with Crippen LogP contribution in [0.4, 0.5) is 0 Å². The lowest BCUT2D eigenvalue weighted by molar-refractivity contribution is 0.0696. The number of carbonyl (C=O) groups is 1. The summed E-state index contributed by atoms with van der Waals surface area (Å²) in [6.07, 6.45) is 4.29. The summed E-state index contributed by atoms with van der Waals surface area (Å²) in [5.74, 6) is 0.201. The molecule has 0 aliphatic heterocycles. The Morgan fingerprint density at radius 3 is 2.88 bits per heavy atom. The van der Waals surface area contributed by atoms with Crippen LogP contribution in [0.5, 0.6) is 5.75 Å². The van der Waals surface area contributed by atoms with Crippen LogP contribution in [0.15, 0.2) is 24.3 Å². The summed E-state index contributed by atoms with van der Waals surface area (Å²) in [6, 6.07) is 4.85. The first-order valence-electron chi connectivity index (χ1n) is 4.83. The predicted octanol–water partition coefficient (Wildman–Crippen LogP) is 3.04. The molecule has 0 aliphatic rings. The quantitative estimate of drug-likeness (QED) is 0.805. The van der Waals surface area contributed by atoms with E-state index in [4.69, 9.17) is 21.4 Å². The number of hydrogen-bond acceptors (Lipinski definition) is 2. The molecule has 1 aromatic carbocycles. The lowest BCUT2D eigenvalue weighted by Crippen LogP contribution is -1.99. The van der Waals surface area contributed by atoms with E-state index in [2.05, 4.69) is 0 Å². The van der Waals surface area contributed by atoms with Gasteiger partial charge in [0.2, 0.25) is 0 Å². The number of benzene rings is 1. The van der Waals surface area contributed by atoms with E-state index in [1.807, 2.05) is 6.08 Å². The van der Waals surface area contributed by atoms with E-state index in [1.165, 1.54) is 6.07 Å². The van der Waals surface area contributed by atoms with Gasteiger partial charge in [0.05, 0.1) is 12.7 Å². The monoisotopic (exact) mass is 240 g/mol. The molecular weight excluding hydrogens is 228 g/mol. The van der Waals surface area contributed by atoms with Crippen LogP contribution in [0.2, 0.25) is 0 Å². The van der Waals surface area contributed by atoms with Gasteiger partial charge >= 0.3 is 5.97 Å². The highest BCUT2D eigenvalue weighted by atomic mass is 35.5. The predicted molar refractivity (Wildman–Crippen MR) is 64.3 cm³/mol. The largest absolute Gasteiger partial charge is 0.497 e. The fraction of sp³-hybridized carbons (Fsp3) is 0.250. The van der Waals surface area contributed by atoms with Crippen molar-refractivity contribution in [1.29, 1.82) is 0 Å². The van der Waals surface area contributed by atoms with Crippen molar-refractivity contribution >= 4 is 23.6 Å². The summed E-state index contributed by atoms with van der Waals surface area (Å²) in [5.41, 5.74) is 0.878. The Morgan fingerprint density at radius 2 is 2.31 bits per heavy atom. The molecule has 0 amide bonds. The third kappa shape index (κ3) is 3.28. The van der Waals surface area contributed by atoms with Crippen molar-refractivity contribution in [2.45, 2.75) is 6.42 Å². The van der Waals surface area contributed by atoms with E-state index in [0.717, 1.165) is 0 Å². The van der Waals surface area contributed by atoms with Crippen molar-refractivity contribution in [1.82, 2.24) is 0 Å². The Hall–Kier alpha value is -1.48. The van der Waals surface area contributed by atoms with Gasteiger partial charge in [-0.1, -0.05) is 12.2 Å². The summed E-state index contributed by atoms with van der Waals surface area (Å²) in [7, 11) is 1.54. The molecule has 0 spiro atoms. The maximum Gasteiger partial charge on any atom is 0.336 e. The number of methoxy groups -OCH3 is 1. The molecule has 0 atom stereocenters. The van der Waals surface area contributed by atoms with E-state index >= 15 is 0 Å². The Morgan fingerprint density at radius 1 is 1.56 bits per heavy atom. The van der Waals surface area contributed by atoms with Crippen molar-refractivity contribution in [2.24, 2.45) is 0 Å². The fourth-order valence-corrected chi connectivity index (χ4v) is 1.40. The Bertz CT molecular complexity index is 399. The molecule has 1 aromatic rings. The van der Waals surface area contributed by atoms with E-state index < -0.39 is 5.97 Å². The van der Waals surface area contributed by atoms with Crippen molar-refractivity contribution in [2.75, 3.05) is 13.0 Å². The van der Waals surface area contributed by atoms with Crippen LogP contribution in [0.1, 0.15) is 22.3 Å². The molecule has 16 heavy (non-hydrogen) atoms. The second-order valence-electron chi connectivity index (χ2n) is 3.14. The van der Waals surface area contributed by atoms with E-state index in [0.29, 0.717) is 23.6 Å². The maximum atomic E-state index is 11.0. The number of allylic oxidation sites excluding steroid dienone is 1. The number of alkyl halides is 1. The highest BCUT2D eigenvalue weighted by Gasteiger charge is 2.08. The average molecular weight is 241 g/mol. The molecule has 0 radical (unpaired) electrons. The molecule has 0 saturated heterocycles. The highest BCUT2D eigenvalue weighted by molar-refractivity contribution is 6.17. The van der Waals surface area contributed by atoms with Gasteiger partial charge in [-0.3, -0.25) is 0 Å². The second kappa shape index (κ2) is 6.18. The zero-order valence-electron chi connectivity index (χ0n) is 8.94. The molecule has 3 nitrogen and oxygen atoms in total. The van der Waals surface area contributed by atoms with Crippen LogP contribution in [-0.4, -0.2) is 24.1 Å². The summed E-state index contributed by atoms with van der Waals surface area (Å²) >= 11 is 5.54. The molecule has 0 heterocycles. The van der Waals surface area contributed by atoms with E-state index in [-0.39, 0.29) is 5.56 Å². The summed E-state index contributed by atoms with van der Waals surface area (Å²) in [5, 5.41) is 8.99. The fourth-order valence-electron chi connectivity index (χ4n) is 1.27. The van der Waals surface area contributed by atoms with Crippen LogP contribution in [0, 0.1) is 0 Å². The molecule has 0 saturated carbocycles. The topological polar surface area (TPSA) is 46.5 Å². The van der Waals surface area contributed by atoms with Gasteiger partial charge in [-0.05, 0) is 30.2 Å². The summed E-state index contributed by atoms with van der Waals surface area (Å²) < 4.78 is 5.04. The summed E-state index contributed by atoms with van der Waals surface area (Å²) in [4.78, 5) is 11.0. The van der Waals surface area contributed by atoms with Crippen molar-refractivity contribution in [3.05, 3.63) is 35.4 Å². The smallest absolute Gasteiger partial charge is 0.336 e. The first-order valence-corrected chi connectivity index (χ1v) is 5.36. The third-order valence-corrected chi connectivity index (χ3v) is 2.28. The normalized spacial score (nSPS) is 10.6. The lowest BCUT2D eigenvalue weighted by Gasteiger charge is -2.04. The number of ether oxygens (including phenoxy) is 1. The number of rotatable bonds is 5. The zero-order valence-corrected chi connectivity index (χ0v) is 9.70. The Kier molecular flexibility index (Phi) is 4.86. The molecular formula is C12H13ClO3. The van der Waals surface area contributed by atoms with Gasteiger partial charge < -0.3 is 9.84 Å². The highest BCUT2D eigenvalue weighted by Crippen LogP contribution is 2.19. The molecule has 0 fully saturated rings. The number of hydrogen-bond donors (Lipinski definition) is 1. The first-order chi connectivity index (χ1) is 7.69. The molecule has 0 bridgehead atoms. The van der Waals surface area contributed by atoms with Gasteiger partial charge in [-0.2, -0.15) is 0 Å². The number of carboxylic acids is 1. The van der Waals surface area contributed by atoms with Gasteiger partial charge in [0.15, 0.2) is 0 Å². The minimum atomic E-state index is -0.951. The second-order valence-corrected chi connectivity index (χ2v) is 3.52. The van der Waals surface area contributed by atoms with Gasteiger partial charge in [-0.25, -0.2) is 4.79 Å². The van der Waals surface area contributed by atoms with E-state index in [9.17, 15) is 4.79 Å². The van der Waals surface area contributed by atoms with Gasteiger partial charge in [-0.15, -0.1) is 11.6 Å². The van der Waals surface area contributed by atoms with Crippen LogP contribution in [-0.2, 0) is 0 Å². The summed E-state index contributed by atoms with van der Waals surface area (Å²) in [6.45, 7) is 0. The van der Waals surface area contributed by atoms with Gasteiger partial charge in [0.25, 0.3) is 0 Å². The molecule has 0 aromatic heterocycles.